The van der Waals surface area contributed by atoms with Crippen LogP contribution in [0, 0.1) is 30.4 Å². The largest absolute Gasteiger partial charge is 0.371 e. The Morgan fingerprint density at radius 1 is 0.820 bits per heavy atom. The van der Waals surface area contributed by atoms with Crippen molar-refractivity contribution >= 4 is 52.1 Å². The van der Waals surface area contributed by atoms with E-state index in [4.69, 9.17) is 0 Å². The molecule has 3 fully saturated rings. The van der Waals surface area contributed by atoms with Gasteiger partial charge in [0.1, 0.15) is 28.9 Å². The number of imidazole rings is 1. The zero-order chi connectivity index (χ0) is 42.5. The van der Waals surface area contributed by atoms with E-state index in [1.54, 1.807) is 18.2 Å². The molecule has 3 saturated heterocycles. The topological polar surface area (TPSA) is 159 Å². The van der Waals surface area contributed by atoms with Gasteiger partial charge in [0.2, 0.25) is 17.8 Å². The van der Waals surface area contributed by atoms with Crippen molar-refractivity contribution in [3.8, 4) is 11.3 Å². The summed E-state index contributed by atoms with van der Waals surface area (Å²) in [5.74, 6) is -0.699. The van der Waals surface area contributed by atoms with Crippen molar-refractivity contribution in [1.82, 2.24) is 39.6 Å². The first-order valence-electron chi connectivity index (χ1n) is 21.2. The lowest BCUT2D eigenvalue weighted by Gasteiger charge is -2.38. The molecule has 16 heteroatoms. The summed E-state index contributed by atoms with van der Waals surface area (Å²) >= 11 is 0. The van der Waals surface area contributed by atoms with Gasteiger partial charge in [0.05, 0.1) is 22.8 Å². The van der Waals surface area contributed by atoms with Crippen LogP contribution in [0.15, 0.2) is 54.9 Å². The number of halogens is 2. The Hall–Kier alpha value is -6.16. The van der Waals surface area contributed by atoms with E-state index in [1.165, 1.54) is 6.07 Å². The number of pyridine rings is 1. The van der Waals surface area contributed by atoms with Gasteiger partial charge in [-0.15, -0.1) is 0 Å². The van der Waals surface area contributed by atoms with Gasteiger partial charge in [-0.2, -0.15) is 0 Å². The van der Waals surface area contributed by atoms with Crippen molar-refractivity contribution < 1.29 is 28.0 Å². The van der Waals surface area contributed by atoms with Crippen LogP contribution in [0.3, 0.4) is 0 Å². The molecule has 61 heavy (non-hydrogen) atoms. The lowest BCUT2D eigenvalue weighted by atomic mass is 9.89. The van der Waals surface area contributed by atoms with E-state index >= 15 is 8.78 Å². The van der Waals surface area contributed by atoms with Crippen molar-refractivity contribution in [3.05, 3.63) is 89.0 Å². The number of nitrogens with one attached hydrogen (secondary N) is 2. The molecule has 2 aromatic carbocycles. The summed E-state index contributed by atoms with van der Waals surface area (Å²) in [5.41, 5.74) is 3.74. The third-order valence-electron chi connectivity index (χ3n) is 12.7. The van der Waals surface area contributed by atoms with Crippen molar-refractivity contribution in [2.75, 3.05) is 42.9 Å². The third-order valence-corrected chi connectivity index (χ3v) is 12.7. The fourth-order valence-electron chi connectivity index (χ4n) is 9.52. The van der Waals surface area contributed by atoms with Gasteiger partial charge in [-0.05, 0) is 126 Å². The molecular weight excluding hydrogens is 783 g/mol. The maximum Gasteiger partial charge on any atom is 0.262 e. The van der Waals surface area contributed by atoms with Gasteiger partial charge < -0.3 is 19.7 Å². The van der Waals surface area contributed by atoms with Crippen LogP contribution in [-0.4, -0.2) is 96.7 Å². The van der Waals surface area contributed by atoms with Crippen LogP contribution < -0.4 is 15.5 Å². The zero-order valence-electron chi connectivity index (χ0n) is 34.5. The first kappa shape index (κ1) is 40.3. The van der Waals surface area contributed by atoms with Gasteiger partial charge >= 0.3 is 0 Å². The Morgan fingerprint density at radius 3 is 2.30 bits per heavy atom. The highest BCUT2D eigenvalue weighted by Gasteiger charge is 2.45. The normalized spacial score (nSPS) is 19.3. The molecule has 7 heterocycles. The van der Waals surface area contributed by atoms with Crippen molar-refractivity contribution in [2.24, 2.45) is 11.8 Å². The number of anilines is 3. The number of amides is 4. The van der Waals surface area contributed by atoms with E-state index in [0.29, 0.717) is 45.7 Å². The molecule has 9 rings (SSSR count). The van der Waals surface area contributed by atoms with Crippen molar-refractivity contribution in [1.29, 1.82) is 0 Å². The highest BCUT2D eigenvalue weighted by atomic mass is 19.1. The van der Waals surface area contributed by atoms with Crippen LogP contribution >= 0.6 is 0 Å². The molecule has 1 atom stereocenters. The summed E-state index contributed by atoms with van der Waals surface area (Å²) in [4.78, 5) is 73.9. The number of fused-ring (bicyclic) bond motifs is 2. The first-order valence-corrected chi connectivity index (χ1v) is 21.2. The Balaban J connectivity index is 0.744. The van der Waals surface area contributed by atoms with E-state index in [-0.39, 0.29) is 36.0 Å². The summed E-state index contributed by atoms with van der Waals surface area (Å²) in [7, 11) is 0. The molecule has 1 unspecified atom stereocenters. The van der Waals surface area contributed by atoms with Gasteiger partial charge in [0.15, 0.2) is 11.6 Å². The molecule has 0 bridgehead atoms. The summed E-state index contributed by atoms with van der Waals surface area (Å²) in [5, 5.41) is 5.32. The maximum atomic E-state index is 15.2. The number of piperidine rings is 3. The lowest BCUT2D eigenvalue weighted by molar-refractivity contribution is -0.136. The quantitative estimate of drug-likeness (QED) is 0.151. The van der Waals surface area contributed by atoms with Crippen molar-refractivity contribution in [3.63, 3.8) is 0 Å². The van der Waals surface area contributed by atoms with Crippen LogP contribution in [0.1, 0.15) is 90.5 Å². The van der Waals surface area contributed by atoms with Crippen molar-refractivity contribution in [2.45, 2.75) is 77.8 Å². The monoisotopic (exact) mass is 830 g/mol. The molecule has 0 spiro atoms. The molecule has 14 nitrogen and oxygen atoms in total. The molecule has 2 N–H and O–H groups in total. The molecule has 316 valence electrons. The summed E-state index contributed by atoms with van der Waals surface area (Å²) in [6.07, 6.45) is 8.35. The molecule has 3 aromatic heterocycles. The van der Waals surface area contributed by atoms with Crippen LogP contribution in [0.4, 0.5) is 26.2 Å². The number of aryl methyl sites for hydroxylation is 1. The predicted octanol–water partition coefficient (Wildman–Crippen LogP) is 6.37. The smallest absolute Gasteiger partial charge is 0.262 e. The van der Waals surface area contributed by atoms with Gasteiger partial charge in [-0.25, -0.2) is 28.7 Å². The van der Waals surface area contributed by atoms with Crippen LogP contribution in [0.25, 0.3) is 22.3 Å². The molecular formula is C45H48F2N10O4. The predicted molar refractivity (Wildman–Crippen MR) is 224 cm³/mol. The summed E-state index contributed by atoms with van der Waals surface area (Å²) in [6, 6.07) is 11.3. The minimum Gasteiger partial charge on any atom is -0.371 e. The van der Waals surface area contributed by atoms with Gasteiger partial charge in [0.25, 0.3) is 11.8 Å². The summed E-state index contributed by atoms with van der Waals surface area (Å²) < 4.78 is 32.1. The fraction of sp³-hybridized carbons (Fsp3) is 0.422. The first-order chi connectivity index (χ1) is 29.4. The fourth-order valence-corrected chi connectivity index (χ4v) is 9.52. The SMILES string of the molecule is Cc1nc2c(F)cc(-c3nc(Nc4ccc(CC5CCN(CC6CCN(c7ccc8c(c7)C(=O)N(C7CCC(=O)NC7=O)C8=O)CC6)CC5)cn4)ncc3F)cc2n1C(C)C. The Kier molecular flexibility index (Phi) is 10.8. The number of rotatable bonds is 10. The molecule has 4 aliphatic rings. The van der Waals surface area contributed by atoms with Gasteiger partial charge in [-0.1, -0.05) is 6.07 Å². The van der Waals surface area contributed by atoms with Crippen LogP contribution in [0.2, 0.25) is 0 Å². The van der Waals surface area contributed by atoms with Gasteiger partial charge in [-0.3, -0.25) is 29.4 Å². The number of aromatic nitrogens is 5. The molecule has 0 aliphatic carbocycles. The molecule has 0 radical (unpaired) electrons. The average molecular weight is 831 g/mol. The average Bonchev–Trinajstić information content (AvgIpc) is 3.72. The Morgan fingerprint density at radius 2 is 1.57 bits per heavy atom. The number of hydrogen-bond acceptors (Lipinski definition) is 11. The molecule has 4 amide bonds. The second kappa shape index (κ2) is 16.4. The molecule has 5 aromatic rings. The molecule has 0 saturated carbocycles. The number of nitrogens with zero attached hydrogens (tertiary/aromatic N) is 8. The Labute approximate surface area is 351 Å². The highest BCUT2D eigenvalue weighted by molar-refractivity contribution is 6.23. The standard InChI is InChI=1S/C45H48F2N10O4/c1-25(2)56-26(3)50-41-34(46)19-30(20-37(41)56)40-35(47)23-49-45(53-40)51-38-8-4-29(22-48-38)18-27-10-14-54(15-11-27)24-28-12-16-55(17-13-28)31-5-6-32-33(21-31)44(61)57(43(32)60)36-7-9-39(58)52-42(36)59/h4-6,8,19-23,25,27-28,36H,7,9-18,24H2,1-3H3,(H,52,58,59)(H,48,49,51,53). The zero-order valence-corrected chi connectivity index (χ0v) is 34.5. The second-order valence-corrected chi connectivity index (χ2v) is 17.1. The third kappa shape index (κ3) is 7.96. The van der Waals surface area contributed by atoms with E-state index in [2.05, 4.69) is 40.4 Å². The lowest BCUT2D eigenvalue weighted by Crippen LogP contribution is -2.54. The number of carbonyl (C=O) groups is 4. The van der Waals surface area contributed by atoms with E-state index in [0.717, 1.165) is 87.2 Å². The number of carbonyl (C=O) groups excluding carboxylic acids is 4. The minimum atomic E-state index is -0.974. The Bertz CT molecular complexity index is 2540. The number of benzene rings is 2. The second-order valence-electron chi connectivity index (χ2n) is 17.1. The summed E-state index contributed by atoms with van der Waals surface area (Å²) in [6.45, 7) is 10.7. The van der Waals surface area contributed by atoms with E-state index < -0.39 is 41.3 Å². The minimum absolute atomic E-state index is 0.0166. The van der Waals surface area contributed by atoms with Gasteiger partial charge in [0, 0.05) is 49.5 Å². The van der Waals surface area contributed by atoms with E-state index in [1.807, 2.05) is 49.7 Å². The van der Waals surface area contributed by atoms with E-state index in [9.17, 15) is 19.2 Å². The highest BCUT2D eigenvalue weighted by Crippen LogP contribution is 2.34. The maximum absolute atomic E-state index is 15.2. The van der Waals surface area contributed by atoms with Crippen LogP contribution in [-0.2, 0) is 16.0 Å². The number of likely N-dealkylation sites (tertiary alicyclic amines) is 1. The number of hydrogen-bond donors (Lipinski definition) is 2. The van der Waals surface area contributed by atoms with Crippen LogP contribution in [0.5, 0.6) is 0 Å². The molecule has 4 aliphatic heterocycles. The number of imide groups is 2.